The molecule has 4 rings (SSSR count). The van der Waals surface area contributed by atoms with Gasteiger partial charge in [0.1, 0.15) is 0 Å². The number of nitrogens with one attached hydrogen (secondary N) is 2. The molecule has 2 N–H and O–H groups in total. The molecule has 0 radical (unpaired) electrons. The molecule has 0 aliphatic carbocycles. The molecule has 1 saturated heterocycles. The molecule has 2 aromatic carbocycles. The number of hydrogen-bond acceptors (Lipinski definition) is 4. The zero-order chi connectivity index (χ0) is 20.9. The Morgan fingerprint density at radius 2 is 2.03 bits per heavy atom. The normalized spacial score (nSPS) is 17.4. The van der Waals surface area contributed by atoms with Crippen molar-refractivity contribution in [3.63, 3.8) is 0 Å². The van der Waals surface area contributed by atoms with Crippen molar-refractivity contribution >= 4 is 35.2 Å². The third-order valence-corrected chi connectivity index (χ3v) is 5.45. The van der Waals surface area contributed by atoms with Gasteiger partial charge in [0.2, 0.25) is 0 Å². The maximum absolute atomic E-state index is 12.4. The van der Waals surface area contributed by atoms with Crippen LogP contribution in [-0.4, -0.2) is 42.9 Å². The highest BCUT2D eigenvalue weighted by Crippen LogP contribution is 2.32. The molecule has 2 aliphatic rings. The number of rotatable bonds is 6. The quantitative estimate of drug-likeness (QED) is 0.543. The Bertz CT molecular complexity index is 983. The van der Waals surface area contributed by atoms with Gasteiger partial charge in [-0.3, -0.25) is 9.59 Å². The highest BCUT2D eigenvalue weighted by atomic mass is 35.5. The third kappa shape index (κ3) is 5.01. The summed E-state index contributed by atoms with van der Waals surface area (Å²) in [6.07, 6.45) is 5.09. The van der Waals surface area contributed by atoms with Crippen LogP contribution < -0.4 is 15.4 Å². The molecule has 7 heteroatoms. The summed E-state index contributed by atoms with van der Waals surface area (Å²) in [6, 6.07) is 12.2. The van der Waals surface area contributed by atoms with Gasteiger partial charge in [-0.15, -0.1) is 0 Å². The third-order valence-electron chi connectivity index (χ3n) is 5.22. The minimum Gasteiger partial charge on any atom is -0.449 e. The van der Waals surface area contributed by atoms with Crippen molar-refractivity contribution in [1.82, 2.24) is 10.2 Å². The Morgan fingerprint density at radius 1 is 1.20 bits per heavy atom. The van der Waals surface area contributed by atoms with Gasteiger partial charge >= 0.3 is 0 Å². The molecule has 30 heavy (non-hydrogen) atoms. The number of likely N-dealkylation sites (tertiary alicyclic amines) is 1. The molecule has 0 bridgehead atoms. The van der Waals surface area contributed by atoms with E-state index in [1.165, 1.54) is 12.8 Å². The van der Waals surface area contributed by atoms with Crippen LogP contribution in [0.25, 0.3) is 6.08 Å². The molecule has 1 fully saturated rings. The Balaban J connectivity index is 1.37. The minimum atomic E-state index is -0.370. The second-order valence-electron chi connectivity index (χ2n) is 7.49. The maximum atomic E-state index is 12.4. The molecule has 0 spiro atoms. The number of benzene rings is 2. The predicted octanol–water partition coefficient (Wildman–Crippen LogP) is 3.93. The first-order chi connectivity index (χ1) is 14.6. The van der Waals surface area contributed by atoms with Crippen molar-refractivity contribution in [3.8, 4) is 5.75 Å². The maximum Gasteiger partial charge on any atom is 0.291 e. The largest absolute Gasteiger partial charge is 0.449 e. The van der Waals surface area contributed by atoms with Gasteiger partial charge in [-0.2, -0.15) is 0 Å². The lowest BCUT2D eigenvalue weighted by Gasteiger charge is -2.20. The lowest BCUT2D eigenvalue weighted by Crippen LogP contribution is -2.29. The topological polar surface area (TPSA) is 70.7 Å². The average molecular weight is 426 g/mol. The number of hydrogen-bond donors (Lipinski definition) is 2. The average Bonchev–Trinajstić information content (AvgIpc) is 3.25. The van der Waals surface area contributed by atoms with Gasteiger partial charge < -0.3 is 20.3 Å². The molecule has 156 valence electrons. The molecule has 2 heterocycles. The summed E-state index contributed by atoms with van der Waals surface area (Å²) in [6.45, 7) is 3.95. The van der Waals surface area contributed by atoms with Gasteiger partial charge in [0, 0.05) is 17.1 Å². The number of halogens is 1. The summed E-state index contributed by atoms with van der Waals surface area (Å²) < 4.78 is 5.75. The number of amides is 2. The van der Waals surface area contributed by atoms with Gasteiger partial charge in [0.25, 0.3) is 11.8 Å². The van der Waals surface area contributed by atoms with E-state index in [-0.39, 0.29) is 17.6 Å². The molecule has 2 aliphatic heterocycles. The molecule has 0 saturated carbocycles. The first-order valence-electron chi connectivity index (χ1n) is 10.2. The standard InChI is InChI=1S/C23H24ClN3O3/c24-18-6-3-5-16(13-18)14-21-23(29)26-19-15-17(7-8-20(19)30-21)22(28)25-9-4-12-27-10-1-2-11-27/h3,5-8,13-15H,1-2,4,9-12H2,(H,25,28)(H,26,29)/b21-14+. The highest BCUT2D eigenvalue weighted by Gasteiger charge is 2.23. The lowest BCUT2D eigenvalue weighted by atomic mass is 10.1. The summed E-state index contributed by atoms with van der Waals surface area (Å²) in [5, 5.41) is 6.32. The van der Waals surface area contributed by atoms with E-state index in [4.69, 9.17) is 16.3 Å². The van der Waals surface area contributed by atoms with Gasteiger partial charge in [-0.25, -0.2) is 0 Å². The van der Waals surface area contributed by atoms with E-state index in [0.29, 0.717) is 28.6 Å². The number of carbonyl (C=O) groups is 2. The van der Waals surface area contributed by atoms with Gasteiger partial charge in [-0.1, -0.05) is 23.7 Å². The smallest absolute Gasteiger partial charge is 0.291 e. The first kappa shape index (κ1) is 20.4. The van der Waals surface area contributed by atoms with Crippen molar-refractivity contribution in [1.29, 1.82) is 0 Å². The van der Waals surface area contributed by atoms with Crippen LogP contribution in [-0.2, 0) is 4.79 Å². The second-order valence-corrected chi connectivity index (χ2v) is 7.93. The first-order valence-corrected chi connectivity index (χ1v) is 10.6. The zero-order valence-electron chi connectivity index (χ0n) is 16.6. The van der Waals surface area contributed by atoms with Crippen LogP contribution in [0.4, 0.5) is 5.69 Å². The summed E-state index contributed by atoms with van der Waals surface area (Å²) in [5.41, 5.74) is 1.73. The fourth-order valence-electron chi connectivity index (χ4n) is 3.66. The SMILES string of the molecule is O=C1Nc2cc(C(=O)NCCCN3CCCC3)ccc2O/C1=C/c1cccc(Cl)c1. The number of fused-ring (bicyclic) bond motifs is 1. The van der Waals surface area contributed by atoms with Crippen LogP contribution in [0.15, 0.2) is 48.2 Å². The van der Waals surface area contributed by atoms with Gasteiger partial charge in [-0.05, 0) is 80.9 Å². The number of ether oxygens (including phenoxy) is 1. The van der Waals surface area contributed by atoms with Crippen LogP contribution in [0.5, 0.6) is 5.75 Å². The monoisotopic (exact) mass is 425 g/mol. The van der Waals surface area contributed by atoms with Crippen molar-refractivity contribution in [2.75, 3.05) is 31.5 Å². The van der Waals surface area contributed by atoms with Crippen molar-refractivity contribution < 1.29 is 14.3 Å². The molecule has 0 atom stereocenters. The van der Waals surface area contributed by atoms with Gasteiger partial charge in [0.05, 0.1) is 5.69 Å². The number of nitrogens with zero attached hydrogens (tertiary/aromatic N) is 1. The van der Waals surface area contributed by atoms with E-state index in [0.717, 1.165) is 31.6 Å². The van der Waals surface area contributed by atoms with Gasteiger partial charge in [0.15, 0.2) is 11.5 Å². The zero-order valence-corrected chi connectivity index (χ0v) is 17.4. The molecule has 0 aromatic heterocycles. The van der Waals surface area contributed by atoms with E-state index in [2.05, 4.69) is 15.5 Å². The Hall–Kier alpha value is -2.83. The summed E-state index contributed by atoms with van der Waals surface area (Å²) in [7, 11) is 0. The van der Waals surface area contributed by atoms with E-state index in [9.17, 15) is 9.59 Å². The summed E-state index contributed by atoms with van der Waals surface area (Å²) in [5.74, 6) is 0.136. The van der Waals surface area contributed by atoms with Crippen LogP contribution in [0, 0.1) is 0 Å². The van der Waals surface area contributed by atoms with Crippen molar-refractivity contribution in [2.24, 2.45) is 0 Å². The molecule has 2 aromatic rings. The fourth-order valence-corrected chi connectivity index (χ4v) is 3.86. The van der Waals surface area contributed by atoms with Crippen LogP contribution in [0.3, 0.4) is 0 Å². The molecular weight excluding hydrogens is 402 g/mol. The molecule has 6 nitrogen and oxygen atoms in total. The molecule has 0 unspecified atom stereocenters. The fraction of sp³-hybridized carbons (Fsp3) is 0.304. The van der Waals surface area contributed by atoms with E-state index >= 15 is 0 Å². The van der Waals surface area contributed by atoms with Crippen LogP contribution >= 0.6 is 11.6 Å². The molecule has 2 amide bonds. The minimum absolute atomic E-state index is 0.159. The Kier molecular flexibility index (Phi) is 6.35. The summed E-state index contributed by atoms with van der Waals surface area (Å²) >= 11 is 5.99. The van der Waals surface area contributed by atoms with E-state index < -0.39 is 0 Å². The van der Waals surface area contributed by atoms with E-state index in [1.54, 1.807) is 42.5 Å². The number of carbonyl (C=O) groups excluding carboxylic acids is 2. The highest BCUT2D eigenvalue weighted by molar-refractivity contribution is 6.30. The predicted molar refractivity (Wildman–Crippen MR) is 118 cm³/mol. The Morgan fingerprint density at radius 3 is 2.83 bits per heavy atom. The van der Waals surface area contributed by atoms with Crippen molar-refractivity contribution in [3.05, 3.63) is 64.4 Å². The Labute approximate surface area is 180 Å². The second kappa shape index (κ2) is 9.32. The van der Waals surface area contributed by atoms with Crippen molar-refractivity contribution in [2.45, 2.75) is 19.3 Å². The summed E-state index contributed by atoms with van der Waals surface area (Å²) in [4.78, 5) is 27.3. The van der Waals surface area contributed by atoms with Crippen LogP contribution in [0.1, 0.15) is 35.2 Å². The number of anilines is 1. The molecular formula is C23H24ClN3O3. The lowest BCUT2D eigenvalue weighted by molar-refractivity contribution is -0.115. The van der Waals surface area contributed by atoms with E-state index in [1.807, 2.05) is 6.07 Å². The van der Waals surface area contributed by atoms with Crippen LogP contribution in [0.2, 0.25) is 5.02 Å².